The Balaban J connectivity index is 2.07. The number of anilines is 1. The number of ether oxygens (including phenoxy) is 1. The van der Waals surface area contributed by atoms with Crippen LogP contribution in [0.5, 0.6) is 5.75 Å². The zero-order valence-electron chi connectivity index (χ0n) is 10.7. The van der Waals surface area contributed by atoms with Crippen molar-refractivity contribution in [2.45, 2.75) is 6.54 Å². The number of amides is 1. The average Bonchev–Trinajstić information content (AvgIpc) is 2.42. The van der Waals surface area contributed by atoms with Crippen molar-refractivity contribution in [3.63, 3.8) is 0 Å². The average molecular weight is 294 g/mol. The molecule has 0 saturated carbocycles. The fourth-order valence-electron chi connectivity index (χ4n) is 1.58. The third-order valence-corrected chi connectivity index (χ3v) is 2.72. The van der Waals surface area contributed by atoms with Gasteiger partial charge in [-0.3, -0.25) is 14.2 Å². The Bertz CT molecular complexity index is 685. The van der Waals surface area contributed by atoms with Gasteiger partial charge in [-0.25, -0.2) is 4.98 Å². The normalized spacial score (nSPS) is 10.1. The van der Waals surface area contributed by atoms with Crippen molar-refractivity contribution >= 4 is 23.2 Å². The Morgan fingerprint density at radius 3 is 2.95 bits per heavy atom. The standard InChI is InChI=1S/C13H12ClN3O3/c1-20-10-4-2-3-9(5-10)16-12(18)7-17-8-15-11(14)6-13(17)19/h2-6,8H,7H2,1H3,(H,16,18). The first-order chi connectivity index (χ1) is 9.58. The van der Waals surface area contributed by atoms with Gasteiger partial charge in [0.15, 0.2) is 0 Å². The van der Waals surface area contributed by atoms with Gasteiger partial charge >= 0.3 is 0 Å². The molecular weight excluding hydrogens is 282 g/mol. The summed E-state index contributed by atoms with van der Waals surface area (Å²) in [5.41, 5.74) is 0.204. The van der Waals surface area contributed by atoms with Crippen LogP contribution in [0.25, 0.3) is 0 Å². The molecule has 0 fully saturated rings. The summed E-state index contributed by atoms with van der Waals surface area (Å²) < 4.78 is 6.22. The molecule has 0 atom stereocenters. The Labute approximate surface area is 120 Å². The molecule has 20 heavy (non-hydrogen) atoms. The fraction of sp³-hybridized carbons (Fsp3) is 0.154. The Hall–Kier alpha value is -2.34. The van der Waals surface area contributed by atoms with Gasteiger partial charge in [0.1, 0.15) is 17.4 Å². The van der Waals surface area contributed by atoms with E-state index < -0.39 is 0 Å². The van der Waals surface area contributed by atoms with Crippen LogP contribution in [0.1, 0.15) is 0 Å². The third-order valence-electron chi connectivity index (χ3n) is 2.51. The van der Waals surface area contributed by atoms with Crippen molar-refractivity contribution in [3.05, 3.63) is 52.2 Å². The molecule has 0 aliphatic heterocycles. The lowest BCUT2D eigenvalue weighted by atomic mass is 10.3. The van der Waals surface area contributed by atoms with Crippen molar-refractivity contribution in [2.24, 2.45) is 0 Å². The van der Waals surface area contributed by atoms with Gasteiger partial charge < -0.3 is 10.1 Å². The Morgan fingerprint density at radius 2 is 2.25 bits per heavy atom. The summed E-state index contributed by atoms with van der Waals surface area (Å²) in [4.78, 5) is 27.2. The summed E-state index contributed by atoms with van der Waals surface area (Å²) in [7, 11) is 1.54. The molecule has 1 amide bonds. The molecule has 0 unspecified atom stereocenters. The largest absolute Gasteiger partial charge is 0.497 e. The summed E-state index contributed by atoms with van der Waals surface area (Å²) in [5.74, 6) is 0.289. The summed E-state index contributed by atoms with van der Waals surface area (Å²) in [6.07, 6.45) is 1.23. The monoisotopic (exact) mass is 293 g/mol. The highest BCUT2D eigenvalue weighted by Crippen LogP contribution is 2.16. The highest BCUT2D eigenvalue weighted by Gasteiger charge is 2.06. The van der Waals surface area contributed by atoms with Crippen molar-refractivity contribution in [3.8, 4) is 5.75 Å². The SMILES string of the molecule is COc1cccc(NC(=O)Cn2cnc(Cl)cc2=O)c1. The number of hydrogen-bond donors (Lipinski definition) is 1. The molecule has 1 aromatic heterocycles. The van der Waals surface area contributed by atoms with Crippen molar-refractivity contribution in [1.29, 1.82) is 0 Å². The summed E-state index contributed by atoms with van der Waals surface area (Å²) in [6, 6.07) is 8.08. The summed E-state index contributed by atoms with van der Waals surface area (Å²) in [6.45, 7) is -0.139. The van der Waals surface area contributed by atoms with E-state index in [0.717, 1.165) is 6.07 Å². The maximum atomic E-state index is 11.8. The smallest absolute Gasteiger partial charge is 0.255 e. The predicted molar refractivity (Wildman–Crippen MR) is 75.1 cm³/mol. The van der Waals surface area contributed by atoms with Crippen LogP contribution in [0, 0.1) is 0 Å². The molecule has 1 aromatic carbocycles. The molecule has 7 heteroatoms. The molecule has 2 aromatic rings. The second-order valence-corrected chi connectivity index (χ2v) is 4.35. The molecule has 0 radical (unpaired) electrons. The number of methoxy groups -OCH3 is 1. The van der Waals surface area contributed by atoms with Gasteiger partial charge in [0.25, 0.3) is 5.56 Å². The van der Waals surface area contributed by atoms with Crippen molar-refractivity contribution < 1.29 is 9.53 Å². The highest BCUT2D eigenvalue weighted by molar-refractivity contribution is 6.29. The lowest BCUT2D eigenvalue weighted by molar-refractivity contribution is -0.116. The number of aromatic nitrogens is 2. The van der Waals surface area contributed by atoms with Gasteiger partial charge in [-0.05, 0) is 12.1 Å². The molecule has 1 N–H and O–H groups in total. The van der Waals surface area contributed by atoms with E-state index in [1.807, 2.05) is 0 Å². The molecule has 1 heterocycles. The number of carbonyl (C=O) groups is 1. The molecular formula is C13H12ClN3O3. The van der Waals surface area contributed by atoms with E-state index in [1.54, 1.807) is 31.4 Å². The molecule has 0 aliphatic rings. The Morgan fingerprint density at radius 1 is 1.45 bits per heavy atom. The van der Waals surface area contributed by atoms with Crippen LogP contribution in [0.3, 0.4) is 0 Å². The van der Waals surface area contributed by atoms with Gasteiger partial charge in [-0.1, -0.05) is 17.7 Å². The van der Waals surface area contributed by atoms with Gasteiger partial charge in [-0.2, -0.15) is 0 Å². The number of benzene rings is 1. The van der Waals surface area contributed by atoms with Gasteiger partial charge in [0.05, 0.1) is 13.4 Å². The van der Waals surface area contributed by atoms with Crippen LogP contribution in [-0.4, -0.2) is 22.6 Å². The second kappa shape index (κ2) is 6.21. The van der Waals surface area contributed by atoms with Crippen LogP contribution in [0.15, 0.2) is 41.5 Å². The summed E-state index contributed by atoms with van der Waals surface area (Å²) >= 11 is 5.58. The number of nitrogens with one attached hydrogen (secondary N) is 1. The van der Waals surface area contributed by atoms with Crippen LogP contribution in [0.4, 0.5) is 5.69 Å². The number of nitrogens with zero attached hydrogens (tertiary/aromatic N) is 2. The maximum Gasteiger partial charge on any atom is 0.255 e. The van der Waals surface area contributed by atoms with E-state index in [9.17, 15) is 9.59 Å². The van der Waals surface area contributed by atoms with E-state index in [-0.39, 0.29) is 23.2 Å². The topological polar surface area (TPSA) is 73.2 Å². The molecule has 2 rings (SSSR count). The van der Waals surface area contributed by atoms with E-state index in [1.165, 1.54) is 10.9 Å². The second-order valence-electron chi connectivity index (χ2n) is 3.96. The first-order valence-corrected chi connectivity index (χ1v) is 6.12. The van der Waals surface area contributed by atoms with E-state index in [2.05, 4.69) is 10.3 Å². The number of halogens is 1. The molecule has 104 valence electrons. The first kappa shape index (κ1) is 14.1. The van der Waals surface area contributed by atoms with Crippen LogP contribution in [-0.2, 0) is 11.3 Å². The Kier molecular flexibility index (Phi) is 4.37. The first-order valence-electron chi connectivity index (χ1n) is 5.74. The maximum absolute atomic E-state index is 11.8. The third kappa shape index (κ3) is 3.58. The fourth-order valence-corrected chi connectivity index (χ4v) is 1.72. The quantitative estimate of drug-likeness (QED) is 0.868. The summed E-state index contributed by atoms with van der Waals surface area (Å²) in [5, 5.41) is 2.76. The minimum atomic E-state index is -0.384. The minimum Gasteiger partial charge on any atom is -0.497 e. The highest BCUT2D eigenvalue weighted by atomic mass is 35.5. The zero-order valence-corrected chi connectivity index (χ0v) is 11.4. The van der Waals surface area contributed by atoms with E-state index in [4.69, 9.17) is 16.3 Å². The number of rotatable bonds is 4. The van der Waals surface area contributed by atoms with Crippen LogP contribution in [0.2, 0.25) is 5.15 Å². The minimum absolute atomic E-state index is 0.0967. The van der Waals surface area contributed by atoms with E-state index >= 15 is 0 Å². The van der Waals surface area contributed by atoms with Crippen molar-refractivity contribution in [1.82, 2.24) is 9.55 Å². The number of carbonyl (C=O) groups excluding carboxylic acids is 1. The van der Waals surface area contributed by atoms with Gasteiger partial charge in [0.2, 0.25) is 5.91 Å². The number of hydrogen-bond acceptors (Lipinski definition) is 4. The molecule has 0 bridgehead atoms. The lowest BCUT2D eigenvalue weighted by Gasteiger charge is -2.08. The van der Waals surface area contributed by atoms with Gasteiger partial charge in [-0.15, -0.1) is 0 Å². The molecule has 0 spiro atoms. The van der Waals surface area contributed by atoms with Crippen molar-refractivity contribution in [2.75, 3.05) is 12.4 Å². The molecule has 6 nitrogen and oxygen atoms in total. The predicted octanol–water partition coefficient (Wildman–Crippen LogP) is 1.54. The van der Waals surface area contributed by atoms with Gasteiger partial charge in [0, 0.05) is 17.8 Å². The zero-order chi connectivity index (χ0) is 14.5. The van der Waals surface area contributed by atoms with Crippen LogP contribution >= 0.6 is 11.6 Å². The van der Waals surface area contributed by atoms with E-state index in [0.29, 0.717) is 11.4 Å². The molecule has 0 saturated heterocycles. The molecule has 0 aliphatic carbocycles. The lowest BCUT2D eigenvalue weighted by Crippen LogP contribution is -2.27. The van der Waals surface area contributed by atoms with Crippen LogP contribution < -0.4 is 15.6 Å².